The van der Waals surface area contributed by atoms with Crippen molar-refractivity contribution < 1.29 is 4.74 Å². The van der Waals surface area contributed by atoms with E-state index >= 15 is 0 Å². The molecule has 2 nitrogen and oxygen atoms in total. The summed E-state index contributed by atoms with van der Waals surface area (Å²) in [5, 5.41) is 3.68. The maximum Gasteiger partial charge on any atom is 0.0640 e. The molecule has 1 N–H and O–H groups in total. The van der Waals surface area contributed by atoms with Crippen LogP contribution in [0.5, 0.6) is 0 Å². The second-order valence-electron chi connectivity index (χ2n) is 6.47. The minimum absolute atomic E-state index is 0.114. The zero-order valence-electron chi connectivity index (χ0n) is 14.3. The molecule has 0 aromatic heterocycles. The number of rotatable bonds is 7. The highest BCUT2D eigenvalue weighted by molar-refractivity contribution is 5.38. The van der Waals surface area contributed by atoms with Crippen LogP contribution in [0.25, 0.3) is 0 Å². The molecule has 0 heterocycles. The Bertz CT molecular complexity index is 437. The van der Waals surface area contributed by atoms with E-state index in [1.807, 2.05) is 0 Å². The molecule has 0 bridgehead atoms. The summed E-state index contributed by atoms with van der Waals surface area (Å²) in [6, 6.07) is 4.98. The van der Waals surface area contributed by atoms with Gasteiger partial charge in [0.1, 0.15) is 0 Å². The van der Waals surface area contributed by atoms with Gasteiger partial charge >= 0.3 is 0 Å². The van der Waals surface area contributed by atoms with Gasteiger partial charge in [-0.2, -0.15) is 0 Å². The highest BCUT2D eigenvalue weighted by Crippen LogP contribution is 2.29. The minimum Gasteiger partial charge on any atom is -0.379 e. The van der Waals surface area contributed by atoms with Crippen molar-refractivity contribution in [2.24, 2.45) is 0 Å². The van der Waals surface area contributed by atoms with E-state index in [2.05, 4.69) is 59.0 Å². The molecule has 1 aromatic rings. The van der Waals surface area contributed by atoms with Gasteiger partial charge in [-0.05, 0) is 76.3 Å². The summed E-state index contributed by atoms with van der Waals surface area (Å²) in [5.74, 6) is 0. The van der Waals surface area contributed by atoms with Gasteiger partial charge in [-0.3, -0.25) is 0 Å². The van der Waals surface area contributed by atoms with Gasteiger partial charge in [0.25, 0.3) is 0 Å². The highest BCUT2D eigenvalue weighted by atomic mass is 16.5. The quantitative estimate of drug-likeness (QED) is 0.794. The van der Waals surface area contributed by atoms with Crippen molar-refractivity contribution in [2.45, 2.75) is 66.0 Å². The lowest BCUT2D eigenvalue weighted by Gasteiger charge is -2.30. The zero-order chi connectivity index (χ0) is 15.3. The predicted octanol–water partition coefficient (Wildman–Crippen LogP) is 4.47. The SMILES string of the molecule is CCCNC(CC(C)(C)OC)c1cc(C)c(C)cc1C. The van der Waals surface area contributed by atoms with E-state index in [1.165, 1.54) is 22.3 Å². The predicted molar refractivity (Wildman–Crippen MR) is 87.4 cm³/mol. The maximum absolute atomic E-state index is 5.62. The Labute approximate surface area is 124 Å². The van der Waals surface area contributed by atoms with Crippen LogP contribution in [0.2, 0.25) is 0 Å². The highest BCUT2D eigenvalue weighted by Gasteiger charge is 2.24. The van der Waals surface area contributed by atoms with Crippen molar-refractivity contribution in [3.05, 3.63) is 34.4 Å². The van der Waals surface area contributed by atoms with Crippen molar-refractivity contribution >= 4 is 0 Å². The molecule has 2 heteroatoms. The van der Waals surface area contributed by atoms with E-state index in [0.29, 0.717) is 6.04 Å². The number of methoxy groups -OCH3 is 1. The van der Waals surface area contributed by atoms with Crippen LogP contribution in [0.1, 0.15) is 61.9 Å². The number of aryl methyl sites for hydroxylation is 3. The van der Waals surface area contributed by atoms with E-state index in [-0.39, 0.29) is 5.60 Å². The zero-order valence-corrected chi connectivity index (χ0v) is 14.3. The summed E-state index contributed by atoms with van der Waals surface area (Å²) in [5.41, 5.74) is 5.40. The first-order valence-corrected chi connectivity index (χ1v) is 7.67. The number of benzene rings is 1. The summed E-state index contributed by atoms with van der Waals surface area (Å²) in [7, 11) is 1.80. The topological polar surface area (TPSA) is 21.3 Å². The van der Waals surface area contributed by atoms with Crippen LogP contribution in [0.4, 0.5) is 0 Å². The van der Waals surface area contributed by atoms with Crippen molar-refractivity contribution in [1.29, 1.82) is 0 Å². The van der Waals surface area contributed by atoms with Crippen LogP contribution in [-0.4, -0.2) is 19.3 Å². The van der Waals surface area contributed by atoms with Gasteiger partial charge in [-0.25, -0.2) is 0 Å². The average Bonchev–Trinajstić information content (AvgIpc) is 2.39. The molecule has 1 atom stereocenters. The summed E-state index contributed by atoms with van der Waals surface area (Å²) in [6.45, 7) is 14.1. The smallest absolute Gasteiger partial charge is 0.0640 e. The molecule has 0 aliphatic heterocycles. The fourth-order valence-corrected chi connectivity index (χ4v) is 2.54. The number of ether oxygens (including phenoxy) is 1. The summed E-state index contributed by atoms with van der Waals surface area (Å²) in [4.78, 5) is 0. The van der Waals surface area contributed by atoms with Gasteiger partial charge in [-0.1, -0.05) is 19.1 Å². The number of hydrogen-bond donors (Lipinski definition) is 1. The molecule has 0 radical (unpaired) electrons. The van der Waals surface area contributed by atoms with E-state index in [1.54, 1.807) is 7.11 Å². The van der Waals surface area contributed by atoms with E-state index in [4.69, 9.17) is 4.74 Å². The van der Waals surface area contributed by atoms with E-state index in [9.17, 15) is 0 Å². The molecule has 1 unspecified atom stereocenters. The lowest BCUT2D eigenvalue weighted by molar-refractivity contribution is 0.00680. The van der Waals surface area contributed by atoms with Crippen molar-refractivity contribution in [3.63, 3.8) is 0 Å². The van der Waals surface area contributed by atoms with Crippen LogP contribution in [-0.2, 0) is 4.74 Å². The third-order valence-corrected chi connectivity index (χ3v) is 4.15. The lowest BCUT2D eigenvalue weighted by Crippen LogP contribution is -2.33. The van der Waals surface area contributed by atoms with Crippen molar-refractivity contribution in [2.75, 3.05) is 13.7 Å². The molecule has 0 amide bonds. The molecule has 0 saturated heterocycles. The molecular formula is C18H31NO. The standard InChI is InChI=1S/C18H31NO/c1-8-9-19-17(12-18(5,6)20-7)16-11-14(3)13(2)10-15(16)4/h10-11,17,19H,8-9,12H2,1-7H3. The van der Waals surface area contributed by atoms with Crippen LogP contribution >= 0.6 is 0 Å². The van der Waals surface area contributed by atoms with E-state index in [0.717, 1.165) is 19.4 Å². The van der Waals surface area contributed by atoms with Crippen LogP contribution in [0.15, 0.2) is 12.1 Å². The Morgan fingerprint density at radius 3 is 2.25 bits per heavy atom. The molecule has 0 aliphatic carbocycles. The van der Waals surface area contributed by atoms with Crippen LogP contribution in [0.3, 0.4) is 0 Å². The van der Waals surface area contributed by atoms with Gasteiger partial charge in [-0.15, -0.1) is 0 Å². The first kappa shape index (κ1) is 17.2. The Morgan fingerprint density at radius 2 is 1.70 bits per heavy atom. The van der Waals surface area contributed by atoms with Gasteiger partial charge in [0, 0.05) is 13.2 Å². The van der Waals surface area contributed by atoms with Gasteiger partial charge < -0.3 is 10.1 Å². The van der Waals surface area contributed by atoms with Gasteiger partial charge in [0.15, 0.2) is 0 Å². The first-order chi connectivity index (χ1) is 9.30. The molecule has 114 valence electrons. The maximum atomic E-state index is 5.62. The Kier molecular flexibility index (Phi) is 6.22. The second-order valence-corrected chi connectivity index (χ2v) is 6.47. The molecular weight excluding hydrogens is 246 g/mol. The molecule has 0 fully saturated rings. The molecule has 1 rings (SSSR count). The first-order valence-electron chi connectivity index (χ1n) is 7.67. The fraction of sp³-hybridized carbons (Fsp3) is 0.667. The summed E-state index contributed by atoms with van der Waals surface area (Å²) >= 11 is 0. The fourth-order valence-electron chi connectivity index (χ4n) is 2.54. The lowest BCUT2D eigenvalue weighted by atomic mass is 9.89. The van der Waals surface area contributed by atoms with Crippen LogP contribution < -0.4 is 5.32 Å². The number of hydrogen-bond acceptors (Lipinski definition) is 2. The second kappa shape index (κ2) is 7.24. The molecule has 0 spiro atoms. The summed E-state index contributed by atoms with van der Waals surface area (Å²) < 4.78 is 5.62. The van der Waals surface area contributed by atoms with Gasteiger partial charge in [0.2, 0.25) is 0 Å². The minimum atomic E-state index is -0.114. The third-order valence-electron chi connectivity index (χ3n) is 4.15. The van der Waals surface area contributed by atoms with E-state index < -0.39 is 0 Å². The average molecular weight is 277 g/mol. The molecule has 20 heavy (non-hydrogen) atoms. The molecule has 1 aromatic carbocycles. The third kappa shape index (κ3) is 4.60. The van der Waals surface area contributed by atoms with Crippen molar-refractivity contribution in [3.8, 4) is 0 Å². The Balaban J connectivity index is 3.07. The molecule has 0 saturated carbocycles. The monoisotopic (exact) mass is 277 g/mol. The Hall–Kier alpha value is -0.860. The largest absolute Gasteiger partial charge is 0.379 e. The van der Waals surface area contributed by atoms with Crippen LogP contribution in [0, 0.1) is 20.8 Å². The normalized spacial score (nSPS) is 13.6. The number of nitrogens with one attached hydrogen (secondary N) is 1. The summed E-state index contributed by atoms with van der Waals surface area (Å²) in [6.07, 6.45) is 2.13. The Morgan fingerprint density at radius 1 is 1.10 bits per heavy atom. The molecule has 0 aliphatic rings. The van der Waals surface area contributed by atoms with Gasteiger partial charge in [0.05, 0.1) is 5.60 Å². The van der Waals surface area contributed by atoms with Crippen molar-refractivity contribution in [1.82, 2.24) is 5.32 Å².